The van der Waals surface area contributed by atoms with Crippen LogP contribution in [0.5, 0.6) is 11.5 Å². The van der Waals surface area contributed by atoms with E-state index in [9.17, 15) is 0 Å². The van der Waals surface area contributed by atoms with Gasteiger partial charge in [-0.05, 0) is 44.0 Å². The van der Waals surface area contributed by atoms with Crippen molar-refractivity contribution in [2.45, 2.75) is 25.7 Å². The Labute approximate surface area is 103 Å². The fourth-order valence-electron chi connectivity index (χ4n) is 2.51. The zero-order valence-corrected chi connectivity index (χ0v) is 10.9. The lowest BCUT2D eigenvalue weighted by Crippen LogP contribution is -2.28. The molecule has 1 aliphatic rings. The Morgan fingerprint density at radius 1 is 1.18 bits per heavy atom. The Morgan fingerprint density at radius 2 is 1.94 bits per heavy atom. The van der Waals surface area contributed by atoms with Gasteiger partial charge in [0.25, 0.3) is 0 Å². The van der Waals surface area contributed by atoms with E-state index in [4.69, 9.17) is 9.47 Å². The molecular weight excluding hydrogens is 214 g/mol. The van der Waals surface area contributed by atoms with Crippen LogP contribution in [0.25, 0.3) is 0 Å². The molecule has 3 nitrogen and oxygen atoms in total. The van der Waals surface area contributed by atoms with Crippen LogP contribution in [0.2, 0.25) is 0 Å². The van der Waals surface area contributed by atoms with E-state index in [1.54, 1.807) is 14.2 Å². The number of ether oxygens (including phenoxy) is 2. The van der Waals surface area contributed by atoms with Crippen molar-refractivity contribution in [1.82, 2.24) is 5.32 Å². The van der Waals surface area contributed by atoms with Gasteiger partial charge in [0.15, 0.2) is 0 Å². The predicted octanol–water partition coefficient (Wildman–Crippen LogP) is 2.48. The quantitative estimate of drug-likeness (QED) is 0.873. The maximum absolute atomic E-state index is 5.50. The van der Waals surface area contributed by atoms with Crippen LogP contribution >= 0.6 is 0 Å². The molecule has 94 valence electrons. The van der Waals surface area contributed by atoms with Gasteiger partial charge in [0.05, 0.1) is 14.2 Å². The number of methoxy groups -OCH3 is 2. The van der Waals surface area contributed by atoms with E-state index in [0.29, 0.717) is 5.92 Å². The predicted molar refractivity (Wildman–Crippen MR) is 69.1 cm³/mol. The first-order valence-corrected chi connectivity index (χ1v) is 6.19. The summed E-state index contributed by atoms with van der Waals surface area (Å²) in [6.45, 7) is 4.20. The molecule has 1 aliphatic heterocycles. The van der Waals surface area contributed by atoms with Crippen molar-refractivity contribution in [3.8, 4) is 11.5 Å². The molecule has 1 atom stereocenters. The highest BCUT2D eigenvalue weighted by Crippen LogP contribution is 2.35. The fraction of sp³-hybridized carbons (Fsp3) is 0.571. The molecule has 3 heteroatoms. The van der Waals surface area contributed by atoms with Gasteiger partial charge in [-0.25, -0.2) is 0 Å². The van der Waals surface area contributed by atoms with Crippen molar-refractivity contribution in [2.24, 2.45) is 0 Å². The van der Waals surface area contributed by atoms with Gasteiger partial charge in [-0.1, -0.05) is 0 Å². The minimum Gasteiger partial charge on any atom is -0.496 e. The molecule has 0 radical (unpaired) electrons. The first kappa shape index (κ1) is 12.2. The summed E-state index contributed by atoms with van der Waals surface area (Å²) in [6.07, 6.45) is 2.44. The average molecular weight is 235 g/mol. The number of aryl methyl sites for hydroxylation is 1. The molecule has 0 amide bonds. The molecule has 2 rings (SSSR count). The molecule has 1 fully saturated rings. The largest absolute Gasteiger partial charge is 0.496 e. The second-order valence-corrected chi connectivity index (χ2v) is 4.61. The summed E-state index contributed by atoms with van der Waals surface area (Å²) in [5.41, 5.74) is 2.39. The fourth-order valence-corrected chi connectivity index (χ4v) is 2.51. The van der Waals surface area contributed by atoms with Crippen LogP contribution in [-0.4, -0.2) is 27.3 Å². The molecule has 0 aromatic heterocycles. The third-order valence-electron chi connectivity index (χ3n) is 3.48. The lowest BCUT2D eigenvalue weighted by molar-refractivity contribution is 0.382. The minimum absolute atomic E-state index is 0.535. The molecule has 0 bridgehead atoms. The maximum atomic E-state index is 5.50. The second kappa shape index (κ2) is 5.41. The maximum Gasteiger partial charge on any atom is 0.122 e. The zero-order chi connectivity index (χ0) is 12.3. The summed E-state index contributed by atoms with van der Waals surface area (Å²) in [5.74, 6) is 2.47. The standard InChI is InChI=1S/C14H21NO2/c1-10-7-14(17-3)12(8-13(10)16-2)11-5-4-6-15-9-11/h7-8,11,15H,4-6,9H2,1-3H3/t11-/m1/s1. The van der Waals surface area contributed by atoms with Gasteiger partial charge in [-0.2, -0.15) is 0 Å². The van der Waals surface area contributed by atoms with Crippen LogP contribution < -0.4 is 14.8 Å². The molecule has 1 N–H and O–H groups in total. The van der Waals surface area contributed by atoms with Crippen LogP contribution in [0.1, 0.15) is 29.9 Å². The summed E-state index contributed by atoms with van der Waals surface area (Å²) in [4.78, 5) is 0. The Bertz CT molecular complexity index is 384. The highest BCUT2D eigenvalue weighted by molar-refractivity contribution is 5.47. The number of rotatable bonds is 3. The summed E-state index contributed by atoms with van der Waals surface area (Å²) in [6, 6.07) is 4.20. The monoisotopic (exact) mass is 235 g/mol. The SMILES string of the molecule is COc1cc([C@@H]2CCCNC2)c(OC)cc1C. The molecule has 1 aromatic carbocycles. The van der Waals surface area contributed by atoms with E-state index < -0.39 is 0 Å². The lowest BCUT2D eigenvalue weighted by Gasteiger charge is -2.25. The van der Waals surface area contributed by atoms with Crippen LogP contribution in [0.3, 0.4) is 0 Å². The highest BCUT2D eigenvalue weighted by atomic mass is 16.5. The first-order valence-electron chi connectivity index (χ1n) is 6.19. The molecule has 1 saturated heterocycles. The summed E-state index contributed by atoms with van der Waals surface area (Å²) >= 11 is 0. The summed E-state index contributed by atoms with van der Waals surface area (Å²) in [5, 5.41) is 3.44. The first-order chi connectivity index (χ1) is 8.26. The Morgan fingerprint density at radius 3 is 2.53 bits per heavy atom. The van der Waals surface area contributed by atoms with Gasteiger partial charge in [0.1, 0.15) is 11.5 Å². The van der Waals surface area contributed by atoms with Crippen molar-refractivity contribution in [3.63, 3.8) is 0 Å². The minimum atomic E-state index is 0.535. The van der Waals surface area contributed by atoms with E-state index in [2.05, 4.69) is 17.4 Å². The summed E-state index contributed by atoms with van der Waals surface area (Å²) in [7, 11) is 3.46. The third kappa shape index (κ3) is 2.55. The van der Waals surface area contributed by atoms with E-state index >= 15 is 0 Å². The summed E-state index contributed by atoms with van der Waals surface area (Å²) < 4.78 is 10.9. The average Bonchev–Trinajstić information content (AvgIpc) is 2.39. The number of benzene rings is 1. The van der Waals surface area contributed by atoms with Gasteiger partial charge in [0.2, 0.25) is 0 Å². The molecule has 0 unspecified atom stereocenters. The zero-order valence-electron chi connectivity index (χ0n) is 10.9. The van der Waals surface area contributed by atoms with E-state index in [-0.39, 0.29) is 0 Å². The smallest absolute Gasteiger partial charge is 0.122 e. The van der Waals surface area contributed by atoms with Crippen LogP contribution in [-0.2, 0) is 0 Å². The molecule has 17 heavy (non-hydrogen) atoms. The number of nitrogens with one attached hydrogen (secondary N) is 1. The third-order valence-corrected chi connectivity index (χ3v) is 3.48. The molecule has 0 saturated carbocycles. The Hall–Kier alpha value is -1.22. The highest BCUT2D eigenvalue weighted by Gasteiger charge is 2.20. The van der Waals surface area contributed by atoms with Crippen LogP contribution in [0.15, 0.2) is 12.1 Å². The normalized spacial score (nSPS) is 20.1. The Balaban J connectivity index is 2.35. The van der Waals surface area contributed by atoms with Gasteiger partial charge >= 0.3 is 0 Å². The number of piperidine rings is 1. The van der Waals surface area contributed by atoms with Crippen molar-refractivity contribution in [2.75, 3.05) is 27.3 Å². The second-order valence-electron chi connectivity index (χ2n) is 4.61. The van der Waals surface area contributed by atoms with Crippen molar-refractivity contribution >= 4 is 0 Å². The van der Waals surface area contributed by atoms with Crippen LogP contribution in [0, 0.1) is 6.92 Å². The molecule has 0 spiro atoms. The molecule has 0 aliphatic carbocycles. The van der Waals surface area contributed by atoms with E-state index in [1.807, 2.05) is 6.92 Å². The van der Waals surface area contributed by atoms with E-state index in [1.165, 1.54) is 18.4 Å². The number of hydrogen-bond donors (Lipinski definition) is 1. The molecule has 1 heterocycles. The van der Waals surface area contributed by atoms with Crippen molar-refractivity contribution in [3.05, 3.63) is 23.3 Å². The van der Waals surface area contributed by atoms with Gasteiger partial charge < -0.3 is 14.8 Å². The molecule has 1 aromatic rings. The van der Waals surface area contributed by atoms with Crippen LogP contribution in [0.4, 0.5) is 0 Å². The van der Waals surface area contributed by atoms with Crippen molar-refractivity contribution < 1.29 is 9.47 Å². The topological polar surface area (TPSA) is 30.5 Å². The Kier molecular flexibility index (Phi) is 3.89. The van der Waals surface area contributed by atoms with Gasteiger partial charge in [0, 0.05) is 18.0 Å². The number of hydrogen-bond acceptors (Lipinski definition) is 3. The van der Waals surface area contributed by atoms with Gasteiger partial charge in [-0.3, -0.25) is 0 Å². The van der Waals surface area contributed by atoms with Crippen molar-refractivity contribution in [1.29, 1.82) is 0 Å². The van der Waals surface area contributed by atoms with E-state index in [0.717, 1.165) is 30.2 Å². The molecular formula is C14H21NO2. The van der Waals surface area contributed by atoms with Gasteiger partial charge in [-0.15, -0.1) is 0 Å². The lowest BCUT2D eigenvalue weighted by atomic mass is 9.90.